The molecule has 0 aliphatic carbocycles. The topological polar surface area (TPSA) is 53.2 Å². The number of hydrogen-bond donors (Lipinski definition) is 1. The van der Waals surface area contributed by atoms with E-state index in [-0.39, 0.29) is 6.61 Å². The van der Waals surface area contributed by atoms with Crippen LogP contribution in [-0.2, 0) is 6.61 Å². The molecule has 2 aromatic carbocycles. The molecule has 0 bridgehead atoms. The third-order valence-electron chi connectivity index (χ3n) is 2.40. The van der Waals surface area contributed by atoms with Gasteiger partial charge in [-0.25, -0.2) is 0 Å². The van der Waals surface area contributed by atoms with Crippen LogP contribution < -0.4 is 4.74 Å². The molecule has 0 aromatic heterocycles. The Labute approximate surface area is 113 Å². The van der Waals surface area contributed by atoms with Crippen LogP contribution in [0, 0.1) is 11.3 Å². The van der Waals surface area contributed by atoms with Gasteiger partial charge in [0.25, 0.3) is 0 Å². The highest BCUT2D eigenvalue weighted by Crippen LogP contribution is 2.26. The van der Waals surface area contributed by atoms with Crippen LogP contribution in [0.25, 0.3) is 0 Å². The minimum atomic E-state index is 0.0166. The predicted molar refractivity (Wildman–Crippen MR) is 71.3 cm³/mol. The van der Waals surface area contributed by atoms with E-state index < -0.39 is 0 Å². The third-order valence-corrected chi connectivity index (χ3v) is 3.06. The van der Waals surface area contributed by atoms with Crippen LogP contribution in [0.3, 0.4) is 0 Å². The highest BCUT2D eigenvalue weighted by Gasteiger charge is 2.02. The molecule has 2 aromatic rings. The molecule has 0 aliphatic heterocycles. The lowest BCUT2D eigenvalue weighted by molar-refractivity contribution is 0.281. The van der Waals surface area contributed by atoms with Crippen molar-refractivity contribution in [3.05, 3.63) is 58.1 Å². The number of aliphatic hydroxyl groups excluding tert-OH is 1. The molecule has 3 nitrogen and oxygen atoms in total. The zero-order chi connectivity index (χ0) is 13.0. The van der Waals surface area contributed by atoms with E-state index >= 15 is 0 Å². The number of aliphatic hydroxyl groups is 1. The number of halogens is 1. The van der Waals surface area contributed by atoms with Crippen LogP contribution in [0.4, 0.5) is 0 Å². The third kappa shape index (κ3) is 2.89. The second-order valence-electron chi connectivity index (χ2n) is 3.66. The molecule has 0 fully saturated rings. The van der Waals surface area contributed by atoms with Crippen molar-refractivity contribution in [2.75, 3.05) is 0 Å². The van der Waals surface area contributed by atoms with Crippen molar-refractivity contribution >= 4 is 15.9 Å². The van der Waals surface area contributed by atoms with Gasteiger partial charge in [-0.05, 0) is 51.8 Å². The summed E-state index contributed by atoms with van der Waals surface area (Å²) in [4.78, 5) is 0. The smallest absolute Gasteiger partial charge is 0.128 e. The summed E-state index contributed by atoms with van der Waals surface area (Å²) in [7, 11) is 0. The van der Waals surface area contributed by atoms with Gasteiger partial charge in [-0.15, -0.1) is 0 Å². The maximum absolute atomic E-state index is 8.93. The van der Waals surface area contributed by atoms with Crippen LogP contribution in [0.1, 0.15) is 11.1 Å². The largest absolute Gasteiger partial charge is 0.457 e. The minimum Gasteiger partial charge on any atom is -0.457 e. The molecule has 4 heteroatoms. The van der Waals surface area contributed by atoms with E-state index in [2.05, 4.69) is 22.0 Å². The molecule has 18 heavy (non-hydrogen) atoms. The van der Waals surface area contributed by atoms with Crippen LogP contribution in [-0.4, -0.2) is 5.11 Å². The summed E-state index contributed by atoms with van der Waals surface area (Å²) in [5.41, 5.74) is 1.40. The summed E-state index contributed by atoms with van der Waals surface area (Å²) in [6.45, 7) is 0.0166. The van der Waals surface area contributed by atoms with E-state index in [0.717, 1.165) is 5.56 Å². The molecule has 0 saturated heterocycles. The van der Waals surface area contributed by atoms with Crippen LogP contribution >= 0.6 is 15.9 Å². The van der Waals surface area contributed by atoms with Gasteiger partial charge in [-0.2, -0.15) is 5.26 Å². The Bertz CT molecular complexity index is 588. The van der Waals surface area contributed by atoms with Gasteiger partial charge in [0.15, 0.2) is 0 Å². The first-order chi connectivity index (χ1) is 8.72. The van der Waals surface area contributed by atoms with Crippen molar-refractivity contribution in [1.82, 2.24) is 0 Å². The Kier molecular flexibility index (Phi) is 3.98. The van der Waals surface area contributed by atoms with Crippen LogP contribution in [0.5, 0.6) is 11.5 Å². The fourth-order valence-corrected chi connectivity index (χ4v) is 1.90. The van der Waals surface area contributed by atoms with Crippen LogP contribution in [0.2, 0.25) is 0 Å². The number of rotatable bonds is 3. The Morgan fingerprint density at radius 1 is 1.11 bits per heavy atom. The van der Waals surface area contributed by atoms with Gasteiger partial charge in [0.2, 0.25) is 0 Å². The first-order valence-electron chi connectivity index (χ1n) is 5.30. The normalized spacial score (nSPS) is 9.83. The van der Waals surface area contributed by atoms with Crippen molar-refractivity contribution in [2.45, 2.75) is 6.61 Å². The molecule has 0 heterocycles. The highest BCUT2D eigenvalue weighted by atomic mass is 79.9. The molecule has 90 valence electrons. The predicted octanol–water partition coefficient (Wildman–Crippen LogP) is 3.61. The number of hydrogen-bond acceptors (Lipinski definition) is 3. The number of ether oxygens (including phenoxy) is 1. The zero-order valence-electron chi connectivity index (χ0n) is 9.43. The molecule has 0 aliphatic rings. The van der Waals surface area contributed by atoms with Crippen molar-refractivity contribution in [1.29, 1.82) is 5.26 Å². The lowest BCUT2D eigenvalue weighted by Gasteiger charge is -2.07. The van der Waals surface area contributed by atoms with E-state index in [1.165, 1.54) is 0 Å². The zero-order valence-corrected chi connectivity index (χ0v) is 11.0. The molecule has 0 saturated carbocycles. The first kappa shape index (κ1) is 12.6. The highest BCUT2D eigenvalue weighted by molar-refractivity contribution is 9.10. The molecule has 0 atom stereocenters. The summed E-state index contributed by atoms with van der Waals surface area (Å²) in [6, 6.07) is 14.4. The van der Waals surface area contributed by atoms with E-state index in [0.29, 0.717) is 21.5 Å². The van der Waals surface area contributed by atoms with Crippen molar-refractivity contribution in [3.8, 4) is 17.6 Å². The lowest BCUT2D eigenvalue weighted by Crippen LogP contribution is -1.87. The lowest BCUT2D eigenvalue weighted by atomic mass is 10.2. The van der Waals surface area contributed by atoms with Crippen molar-refractivity contribution in [2.24, 2.45) is 0 Å². The molecule has 0 radical (unpaired) electrons. The second kappa shape index (κ2) is 5.67. The van der Waals surface area contributed by atoms with Crippen molar-refractivity contribution < 1.29 is 9.84 Å². The SMILES string of the molecule is N#Cc1ccc(Oc2ccc(CO)cc2)cc1Br. The summed E-state index contributed by atoms with van der Waals surface area (Å²) in [5.74, 6) is 1.33. The molecular weight excluding hydrogens is 294 g/mol. The van der Waals surface area contributed by atoms with E-state index in [1.807, 2.05) is 0 Å². The second-order valence-corrected chi connectivity index (χ2v) is 4.51. The maximum Gasteiger partial charge on any atom is 0.128 e. The fourth-order valence-electron chi connectivity index (χ4n) is 1.45. The van der Waals surface area contributed by atoms with Gasteiger partial charge in [-0.3, -0.25) is 0 Å². The Hall–Kier alpha value is -1.83. The minimum absolute atomic E-state index is 0.0166. The first-order valence-corrected chi connectivity index (χ1v) is 6.09. The standard InChI is InChI=1S/C14H10BrNO2/c15-14-7-13(6-3-11(14)8-16)18-12-4-1-10(9-17)2-5-12/h1-7,17H,9H2. The molecule has 0 spiro atoms. The Morgan fingerprint density at radius 2 is 1.78 bits per heavy atom. The molecule has 1 N–H and O–H groups in total. The summed E-state index contributed by atoms with van der Waals surface area (Å²) >= 11 is 3.31. The van der Waals surface area contributed by atoms with E-state index in [9.17, 15) is 0 Å². The monoisotopic (exact) mass is 303 g/mol. The van der Waals surface area contributed by atoms with Crippen LogP contribution in [0.15, 0.2) is 46.9 Å². The molecular formula is C14H10BrNO2. The fraction of sp³-hybridized carbons (Fsp3) is 0.0714. The maximum atomic E-state index is 8.93. The number of nitriles is 1. The Balaban J connectivity index is 2.18. The average molecular weight is 304 g/mol. The van der Waals surface area contributed by atoms with Gasteiger partial charge < -0.3 is 9.84 Å². The van der Waals surface area contributed by atoms with Gasteiger partial charge in [0.1, 0.15) is 17.6 Å². The van der Waals surface area contributed by atoms with Gasteiger partial charge in [-0.1, -0.05) is 12.1 Å². The Morgan fingerprint density at radius 3 is 2.33 bits per heavy atom. The van der Waals surface area contributed by atoms with Gasteiger partial charge in [0, 0.05) is 4.47 Å². The van der Waals surface area contributed by atoms with Gasteiger partial charge >= 0.3 is 0 Å². The number of benzene rings is 2. The summed E-state index contributed by atoms with van der Waals surface area (Å²) < 4.78 is 6.34. The molecule has 2 rings (SSSR count). The quantitative estimate of drug-likeness (QED) is 0.942. The summed E-state index contributed by atoms with van der Waals surface area (Å²) in [5, 5.41) is 17.7. The van der Waals surface area contributed by atoms with E-state index in [4.69, 9.17) is 15.1 Å². The van der Waals surface area contributed by atoms with Crippen molar-refractivity contribution in [3.63, 3.8) is 0 Å². The van der Waals surface area contributed by atoms with E-state index in [1.54, 1.807) is 42.5 Å². The average Bonchev–Trinajstić information content (AvgIpc) is 2.40. The summed E-state index contributed by atoms with van der Waals surface area (Å²) in [6.07, 6.45) is 0. The molecule has 0 amide bonds. The molecule has 0 unspecified atom stereocenters. The van der Waals surface area contributed by atoms with Gasteiger partial charge in [0.05, 0.1) is 12.2 Å². The number of nitrogens with zero attached hydrogens (tertiary/aromatic N) is 1.